The van der Waals surface area contributed by atoms with Gasteiger partial charge in [0.25, 0.3) is 0 Å². The van der Waals surface area contributed by atoms with Crippen LogP contribution in [-0.4, -0.2) is 40.4 Å². The molecule has 0 spiro atoms. The second kappa shape index (κ2) is 5.12. The molecule has 0 bridgehead atoms. The fourth-order valence-electron chi connectivity index (χ4n) is 1.48. The minimum atomic E-state index is 0.0884. The number of likely N-dealkylation sites (N-methyl/N-ethyl adjacent to an activating group) is 1. The lowest BCUT2D eigenvalue weighted by atomic mass is 10.2. The first-order valence-corrected chi connectivity index (χ1v) is 4.98. The van der Waals surface area contributed by atoms with Crippen molar-refractivity contribution < 1.29 is 5.11 Å². The highest BCUT2D eigenvalue weighted by atomic mass is 16.3. The van der Waals surface area contributed by atoms with Crippen molar-refractivity contribution in [3.63, 3.8) is 0 Å². The van der Waals surface area contributed by atoms with Crippen LogP contribution in [0, 0.1) is 0 Å². The first-order chi connectivity index (χ1) is 6.69. The summed E-state index contributed by atoms with van der Waals surface area (Å²) in [6.07, 6.45) is 2.68. The van der Waals surface area contributed by atoms with E-state index in [4.69, 9.17) is 5.11 Å². The van der Waals surface area contributed by atoms with Gasteiger partial charge in [-0.3, -0.25) is 4.68 Å². The standard InChI is InChI=1S/C10H19N3O/c1-4-10-9(8-14)7-11-13(10)6-5-12(2)3/h7,14H,4-6,8H2,1-3H3. The highest BCUT2D eigenvalue weighted by Crippen LogP contribution is 2.09. The molecule has 1 rings (SSSR count). The minimum Gasteiger partial charge on any atom is -0.392 e. The van der Waals surface area contributed by atoms with Crippen molar-refractivity contribution in [2.45, 2.75) is 26.5 Å². The van der Waals surface area contributed by atoms with E-state index in [0.29, 0.717) is 0 Å². The van der Waals surface area contributed by atoms with Crippen molar-refractivity contribution in [1.29, 1.82) is 0 Å². The normalized spacial score (nSPS) is 11.2. The number of aliphatic hydroxyl groups excluding tert-OH is 1. The van der Waals surface area contributed by atoms with Gasteiger partial charge in [0.2, 0.25) is 0 Å². The Morgan fingerprint density at radius 2 is 2.21 bits per heavy atom. The first-order valence-electron chi connectivity index (χ1n) is 4.98. The zero-order valence-electron chi connectivity index (χ0n) is 9.19. The smallest absolute Gasteiger partial charge is 0.0715 e. The summed E-state index contributed by atoms with van der Waals surface area (Å²) in [6, 6.07) is 0. The van der Waals surface area contributed by atoms with Crippen LogP contribution in [0.15, 0.2) is 6.20 Å². The highest BCUT2D eigenvalue weighted by Gasteiger charge is 2.07. The third-order valence-electron chi connectivity index (χ3n) is 2.30. The average molecular weight is 197 g/mol. The fourth-order valence-corrected chi connectivity index (χ4v) is 1.48. The monoisotopic (exact) mass is 197 g/mol. The minimum absolute atomic E-state index is 0.0884. The van der Waals surface area contributed by atoms with Crippen LogP contribution in [0.3, 0.4) is 0 Å². The third kappa shape index (κ3) is 2.56. The van der Waals surface area contributed by atoms with Crippen molar-refractivity contribution >= 4 is 0 Å². The molecule has 14 heavy (non-hydrogen) atoms. The zero-order chi connectivity index (χ0) is 10.6. The molecule has 80 valence electrons. The van der Waals surface area contributed by atoms with E-state index in [2.05, 4.69) is 16.9 Å². The average Bonchev–Trinajstić information content (AvgIpc) is 2.56. The van der Waals surface area contributed by atoms with Crippen molar-refractivity contribution in [3.05, 3.63) is 17.5 Å². The molecule has 0 aromatic carbocycles. The Morgan fingerprint density at radius 3 is 2.71 bits per heavy atom. The molecule has 4 nitrogen and oxygen atoms in total. The molecule has 0 amide bonds. The summed E-state index contributed by atoms with van der Waals surface area (Å²) in [4.78, 5) is 2.12. The van der Waals surface area contributed by atoms with Gasteiger partial charge in [0, 0.05) is 17.8 Å². The van der Waals surface area contributed by atoms with Crippen molar-refractivity contribution in [2.75, 3.05) is 20.6 Å². The van der Waals surface area contributed by atoms with Gasteiger partial charge in [-0.2, -0.15) is 5.10 Å². The van der Waals surface area contributed by atoms with Crippen LogP contribution in [-0.2, 0) is 19.6 Å². The van der Waals surface area contributed by atoms with Crippen molar-refractivity contribution in [3.8, 4) is 0 Å². The lowest BCUT2D eigenvalue weighted by molar-refractivity contribution is 0.280. The van der Waals surface area contributed by atoms with Crippen molar-refractivity contribution in [2.24, 2.45) is 0 Å². The molecule has 0 aliphatic heterocycles. The highest BCUT2D eigenvalue weighted by molar-refractivity contribution is 5.16. The van der Waals surface area contributed by atoms with E-state index >= 15 is 0 Å². The molecule has 1 aromatic heterocycles. The molecule has 0 saturated carbocycles. The summed E-state index contributed by atoms with van der Waals surface area (Å²) in [5, 5.41) is 13.3. The van der Waals surface area contributed by atoms with E-state index in [9.17, 15) is 0 Å². The number of rotatable bonds is 5. The number of aromatic nitrogens is 2. The molecule has 1 heterocycles. The van der Waals surface area contributed by atoms with E-state index in [1.165, 1.54) is 0 Å². The van der Waals surface area contributed by atoms with Gasteiger partial charge < -0.3 is 10.0 Å². The predicted octanol–water partition coefficient (Wildman–Crippen LogP) is 0.499. The van der Waals surface area contributed by atoms with E-state index in [-0.39, 0.29) is 6.61 Å². The van der Waals surface area contributed by atoms with Gasteiger partial charge in [0.1, 0.15) is 0 Å². The summed E-state index contributed by atoms with van der Waals surface area (Å²) in [6.45, 7) is 4.03. The second-order valence-corrected chi connectivity index (χ2v) is 3.65. The lowest BCUT2D eigenvalue weighted by Crippen LogP contribution is -2.20. The zero-order valence-corrected chi connectivity index (χ0v) is 9.19. The number of aliphatic hydroxyl groups is 1. The Morgan fingerprint density at radius 1 is 1.50 bits per heavy atom. The maximum Gasteiger partial charge on any atom is 0.0715 e. The summed E-state index contributed by atoms with van der Waals surface area (Å²) in [7, 11) is 4.09. The summed E-state index contributed by atoms with van der Waals surface area (Å²) >= 11 is 0. The molecule has 0 radical (unpaired) electrons. The van der Waals surface area contributed by atoms with E-state index in [0.717, 1.165) is 30.8 Å². The second-order valence-electron chi connectivity index (χ2n) is 3.65. The Labute approximate surface area is 85.1 Å². The predicted molar refractivity (Wildman–Crippen MR) is 56.1 cm³/mol. The Kier molecular flexibility index (Phi) is 4.10. The summed E-state index contributed by atoms with van der Waals surface area (Å²) in [5.41, 5.74) is 2.10. The molecule has 1 N–H and O–H groups in total. The Hall–Kier alpha value is -0.870. The van der Waals surface area contributed by atoms with Crippen LogP contribution < -0.4 is 0 Å². The molecule has 0 aliphatic carbocycles. The summed E-state index contributed by atoms with van der Waals surface area (Å²) in [5.74, 6) is 0. The van der Waals surface area contributed by atoms with Gasteiger partial charge in [0.15, 0.2) is 0 Å². The maximum atomic E-state index is 9.08. The lowest BCUT2D eigenvalue weighted by Gasteiger charge is -2.11. The molecule has 0 fully saturated rings. The van der Waals surface area contributed by atoms with Gasteiger partial charge in [-0.15, -0.1) is 0 Å². The van der Waals surface area contributed by atoms with Crippen LogP contribution in [0.25, 0.3) is 0 Å². The van der Waals surface area contributed by atoms with Gasteiger partial charge in [-0.05, 0) is 20.5 Å². The fraction of sp³-hybridized carbons (Fsp3) is 0.700. The topological polar surface area (TPSA) is 41.3 Å². The number of hydrogen-bond acceptors (Lipinski definition) is 3. The number of nitrogens with zero attached hydrogens (tertiary/aromatic N) is 3. The van der Waals surface area contributed by atoms with Gasteiger partial charge in [-0.1, -0.05) is 6.92 Å². The van der Waals surface area contributed by atoms with E-state index in [1.54, 1.807) is 6.20 Å². The van der Waals surface area contributed by atoms with Crippen LogP contribution in [0.2, 0.25) is 0 Å². The van der Waals surface area contributed by atoms with Crippen LogP contribution >= 0.6 is 0 Å². The Bertz CT molecular complexity index is 281. The third-order valence-corrected chi connectivity index (χ3v) is 2.30. The Balaban J connectivity index is 2.71. The van der Waals surface area contributed by atoms with Crippen LogP contribution in [0.5, 0.6) is 0 Å². The van der Waals surface area contributed by atoms with Gasteiger partial charge in [0.05, 0.1) is 19.3 Å². The molecule has 0 aliphatic rings. The van der Waals surface area contributed by atoms with Crippen LogP contribution in [0.4, 0.5) is 0 Å². The number of hydrogen-bond donors (Lipinski definition) is 1. The van der Waals surface area contributed by atoms with E-state index in [1.807, 2.05) is 18.8 Å². The molecule has 0 atom stereocenters. The summed E-state index contributed by atoms with van der Waals surface area (Å²) < 4.78 is 1.98. The van der Waals surface area contributed by atoms with Crippen molar-refractivity contribution in [1.82, 2.24) is 14.7 Å². The van der Waals surface area contributed by atoms with E-state index < -0.39 is 0 Å². The van der Waals surface area contributed by atoms with Gasteiger partial charge >= 0.3 is 0 Å². The molecular weight excluding hydrogens is 178 g/mol. The molecule has 1 aromatic rings. The maximum absolute atomic E-state index is 9.08. The van der Waals surface area contributed by atoms with Crippen LogP contribution in [0.1, 0.15) is 18.2 Å². The molecular formula is C10H19N3O. The largest absolute Gasteiger partial charge is 0.392 e. The first kappa shape index (κ1) is 11.2. The quantitative estimate of drug-likeness (QED) is 0.747. The molecule has 4 heteroatoms. The molecule has 0 unspecified atom stereocenters. The molecule has 0 saturated heterocycles. The van der Waals surface area contributed by atoms with Gasteiger partial charge in [-0.25, -0.2) is 0 Å². The SMILES string of the molecule is CCc1c(CO)cnn1CCN(C)C.